The van der Waals surface area contributed by atoms with E-state index in [0.29, 0.717) is 0 Å². The molecule has 1 amide bonds. The maximum Gasteiger partial charge on any atom is 0.416 e. The molecule has 82 valence electrons. The standard InChI is InChI=1S/C9H6N2O5/c12-8(13)5-1-2-6-7(10-5)16-4-3-11(6)9(14)15/h1-4H,(H,12,13)(H,14,15). The second-order valence-corrected chi connectivity index (χ2v) is 2.88. The van der Waals surface area contributed by atoms with E-state index in [-0.39, 0.29) is 17.3 Å². The van der Waals surface area contributed by atoms with Crippen LogP contribution in [0.5, 0.6) is 5.88 Å². The first-order valence-electron chi connectivity index (χ1n) is 4.19. The molecule has 1 aromatic rings. The molecule has 0 spiro atoms. The van der Waals surface area contributed by atoms with Gasteiger partial charge in [0, 0.05) is 0 Å². The number of rotatable bonds is 1. The number of fused-ring (bicyclic) bond motifs is 1. The van der Waals surface area contributed by atoms with Crippen LogP contribution in [0.1, 0.15) is 10.5 Å². The minimum Gasteiger partial charge on any atom is -0.477 e. The van der Waals surface area contributed by atoms with Gasteiger partial charge in [0.15, 0.2) is 5.69 Å². The van der Waals surface area contributed by atoms with E-state index in [4.69, 9.17) is 14.9 Å². The van der Waals surface area contributed by atoms with Gasteiger partial charge in [-0.25, -0.2) is 19.5 Å². The number of hydrogen-bond donors (Lipinski definition) is 2. The number of carboxylic acids is 1. The molecule has 0 fully saturated rings. The maximum absolute atomic E-state index is 10.8. The Bertz CT molecular complexity index is 497. The first kappa shape index (κ1) is 9.97. The Morgan fingerprint density at radius 2 is 2.06 bits per heavy atom. The van der Waals surface area contributed by atoms with Crippen molar-refractivity contribution in [3.63, 3.8) is 0 Å². The Hall–Kier alpha value is -2.57. The molecule has 2 N–H and O–H groups in total. The summed E-state index contributed by atoms with van der Waals surface area (Å²) < 4.78 is 4.93. The Kier molecular flexibility index (Phi) is 2.20. The minimum absolute atomic E-state index is 0.0511. The van der Waals surface area contributed by atoms with Gasteiger partial charge in [-0.3, -0.25) is 0 Å². The van der Waals surface area contributed by atoms with E-state index in [1.807, 2.05) is 0 Å². The van der Waals surface area contributed by atoms with Gasteiger partial charge < -0.3 is 14.9 Å². The van der Waals surface area contributed by atoms with Crippen LogP contribution in [0, 0.1) is 0 Å². The second-order valence-electron chi connectivity index (χ2n) is 2.88. The fourth-order valence-corrected chi connectivity index (χ4v) is 1.23. The molecule has 2 rings (SSSR count). The van der Waals surface area contributed by atoms with Gasteiger partial charge in [0.05, 0.1) is 6.20 Å². The lowest BCUT2D eigenvalue weighted by atomic mass is 10.3. The van der Waals surface area contributed by atoms with E-state index in [0.717, 1.165) is 11.2 Å². The van der Waals surface area contributed by atoms with Crippen molar-refractivity contribution in [1.29, 1.82) is 0 Å². The van der Waals surface area contributed by atoms with Gasteiger partial charge in [-0.2, -0.15) is 0 Å². The molecule has 0 aliphatic carbocycles. The van der Waals surface area contributed by atoms with Crippen LogP contribution in [0.25, 0.3) is 0 Å². The SMILES string of the molecule is O=C(O)c1ccc2c(n1)OC=CN2C(=O)O. The zero-order valence-corrected chi connectivity index (χ0v) is 7.82. The Morgan fingerprint density at radius 3 is 2.69 bits per heavy atom. The van der Waals surface area contributed by atoms with Crippen molar-refractivity contribution in [2.45, 2.75) is 0 Å². The molecule has 1 aromatic heterocycles. The molecular weight excluding hydrogens is 216 g/mol. The molecule has 0 bridgehead atoms. The van der Waals surface area contributed by atoms with E-state index in [9.17, 15) is 9.59 Å². The summed E-state index contributed by atoms with van der Waals surface area (Å²) in [6.07, 6.45) is 1.12. The largest absolute Gasteiger partial charge is 0.477 e. The number of carbonyl (C=O) groups is 2. The first-order valence-corrected chi connectivity index (χ1v) is 4.19. The quantitative estimate of drug-likeness (QED) is 0.738. The second kappa shape index (κ2) is 3.54. The molecule has 0 radical (unpaired) electrons. The normalized spacial score (nSPS) is 12.9. The zero-order chi connectivity index (χ0) is 11.7. The fourth-order valence-electron chi connectivity index (χ4n) is 1.23. The molecular formula is C9H6N2O5. The van der Waals surface area contributed by atoms with Gasteiger partial charge in [-0.15, -0.1) is 0 Å². The number of aromatic nitrogens is 1. The molecule has 0 saturated carbocycles. The molecule has 16 heavy (non-hydrogen) atoms. The third-order valence-corrected chi connectivity index (χ3v) is 1.91. The monoisotopic (exact) mass is 222 g/mol. The molecule has 1 aliphatic heterocycles. The summed E-state index contributed by atoms with van der Waals surface area (Å²) in [5.74, 6) is -1.26. The summed E-state index contributed by atoms with van der Waals surface area (Å²) in [5, 5.41) is 17.5. The van der Waals surface area contributed by atoms with Crippen LogP contribution in [-0.2, 0) is 0 Å². The number of pyridine rings is 1. The summed E-state index contributed by atoms with van der Waals surface area (Å²) in [6.45, 7) is 0. The van der Waals surface area contributed by atoms with Crippen molar-refractivity contribution in [2.24, 2.45) is 0 Å². The van der Waals surface area contributed by atoms with Crippen molar-refractivity contribution in [2.75, 3.05) is 4.90 Å². The Balaban J connectivity index is 2.47. The Labute approximate surface area is 89.2 Å². The van der Waals surface area contributed by atoms with Crippen LogP contribution in [0.2, 0.25) is 0 Å². The van der Waals surface area contributed by atoms with Crippen molar-refractivity contribution in [3.8, 4) is 5.88 Å². The molecule has 1 aliphatic rings. The topological polar surface area (TPSA) is 100.0 Å². The minimum atomic E-state index is -1.21. The lowest BCUT2D eigenvalue weighted by Crippen LogP contribution is -2.26. The average molecular weight is 222 g/mol. The third-order valence-electron chi connectivity index (χ3n) is 1.91. The highest BCUT2D eigenvalue weighted by Crippen LogP contribution is 2.30. The average Bonchev–Trinajstić information content (AvgIpc) is 2.27. The molecule has 2 heterocycles. The summed E-state index contributed by atoms with van der Waals surface area (Å²) in [6, 6.07) is 2.53. The van der Waals surface area contributed by atoms with E-state index in [1.54, 1.807) is 0 Å². The summed E-state index contributed by atoms with van der Waals surface area (Å²) in [5.41, 5.74) is -0.0283. The zero-order valence-electron chi connectivity index (χ0n) is 7.82. The van der Waals surface area contributed by atoms with Crippen molar-refractivity contribution in [3.05, 3.63) is 30.3 Å². The van der Waals surface area contributed by atoms with Crippen molar-refractivity contribution in [1.82, 2.24) is 4.98 Å². The van der Waals surface area contributed by atoms with Crippen LogP contribution >= 0.6 is 0 Å². The first-order chi connectivity index (χ1) is 7.59. The van der Waals surface area contributed by atoms with Gasteiger partial charge in [0.25, 0.3) is 0 Å². The lowest BCUT2D eigenvalue weighted by Gasteiger charge is -2.20. The van der Waals surface area contributed by atoms with Crippen LogP contribution in [0.4, 0.5) is 10.5 Å². The fraction of sp³-hybridized carbons (Fsp3) is 0. The van der Waals surface area contributed by atoms with Crippen LogP contribution in [0.3, 0.4) is 0 Å². The van der Waals surface area contributed by atoms with Gasteiger partial charge in [-0.1, -0.05) is 0 Å². The van der Waals surface area contributed by atoms with Gasteiger partial charge in [-0.05, 0) is 12.1 Å². The predicted molar refractivity (Wildman–Crippen MR) is 51.5 cm³/mol. The van der Waals surface area contributed by atoms with E-state index >= 15 is 0 Å². The maximum atomic E-state index is 10.8. The van der Waals surface area contributed by atoms with E-state index < -0.39 is 12.1 Å². The smallest absolute Gasteiger partial charge is 0.416 e. The van der Waals surface area contributed by atoms with Crippen LogP contribution in [-0.4, -0.2) is 27.3 Å². The number of amides is 1. The number of hydrogen-bond acceptors (Lipinski definition) is 4. The summed E-state index contributed by atoms with van der Waals surface area (Å²) >= 11 is 0. The Morgan fingerprint density at radius 1 is 1.31 bits per heavy atom. The third kappa shape index (κ3) is 1.54. The molecule has 0 saturated heterocycles. The van der Waals surface area contributed by atoms with Gasteiger partial charge >= 0.3 is 12.1 Å². The van der Waals surface area contributed by atoms with Gasteiger partial charge in [0.1, 0.15) is 11.9 Å². The summed E-state index contributed by atoms with van der Waals surface area (Å²) in [4.78, 5) is 26.0. The number of carboxylic acid groups (broad SMARTS) is 2. The van der Waals surface area contributed by atoms with Crippen LogP contribution in [0.15, 0.2) is 24.6 Å². The molecule has 0 aromatic carbocycles. The molecule has 7 heteroatoms. The highest BCUT2D eigenvalue weighted by atomic mass is 16.5. The summed E-state index contributed by atoms with van der Waals surface area (Å²) in [7, 11) is 0. The van der Waals surface area contributed by atoms with Crippen molar-refractivity contribution >= 4 is 17.7 Å². The highest BCUT2D eigenvalue weighted by Gasteiger charge is 2.22. The number of aromatic carboxylic acids is 1. The number of ether oxygens (including phenoxy) is 1. The van der Waals surface area contributed by atoms with Gasteiger partial charge in [0.2, 0.25) is 5.88 Å². The molecule has 0 unspecified atom stereocenters. The van der Waals surface area contributed by atoms with Crippen molar-refractivity contribution < 1.29 is 24.5 Å². The molecule has 0 atom stereocenters. The molecule has 7 nitrogen and oxygen atoms in total. The lowest BCUT2D eigenvalue weighted by molar-refractivity contribution is 0.0689. The predicted octanol–water partition coefficient (Wildman–Crippen LogP) is 1.13. The number of anilines is 1. The number of nitrogens with zero attached hydrogens (tertiary/aromatic N) is 2. The van der Waals surface area contributed by atoms with Crippen LogP contribution < -0.4 is 9.64 Å². The highest BCUT2D eigenvalue weighted by molar-refractivity contribution is 5.92. The van der Waals surface area contributed by atoms with E-state index in [2.05, 4.69) is 4.98 Å². The van der Waals surface area contributed by atoms with E-state index in [1.165, 1.54) is 18.3 Å².